The van der Waals surface area contributed by atoms with Gasteiger partial charge in [-0.05, 0) is 230 Å². The van der Waals surface area contributed by atoms with E-state index in [4.69, 9.17) is 2.74 Å². The van der Waals surface area contributed by atoms with Crippen LogP contribution in [0.2, 0.25) is 0 Å². The van der Waals surface area contributed by atoms with E-state index >= 15 is 0 Å². The van der Waals surface area contributed by atoms with Crippen LogP contribution < -0.4 is 26.2 Å². The van der Waals surface area contributed by atoms with Crippen molar-refractivity contribution in [1.29, 1.82) is 0 Å². The van der Waals surface area contributed by atoms with Gasteiger partial charge in [0.15, 0.2) is 0 Å². The van der Waals surface area contributed by atoms with E-state index < -0.39 is 229 Å². The van der Waals surface area contributed by atoms with E-state index in [1.807, 2.05) is 107 Å². The molecule has 3 heteroatoms. The monoisotopic (exact) mass is 1540 g/mol. The van der Waals surface area contributed by atoms with Gasteiger partial charge in [-0.25, -0.2) is 0 Å². The molecule has 0 spiro atoms. The van der Waals surface area contributed by atoms with Crippen LogP contribution in [0.4, 0.5) is 34.1 Å². The molecule has 0 atom stereocenters. The van der Waals surface area contributed by atoms with Crippen molar-refractivity contribution in [2.45, 2.75) is 262 Å². The molecule has 12 aromatic carbocycles. The molecular formula is C112H129BN2. The first-order valence-electron chi connectivity index (χ1n) is 54.3. The standard InChI is InChI=1S/C112H129BN2/c1-103(2,3)78-47-41-72(42-48-78)88-64-84(109(19,20)21)66-90(86-53-51-80(105(7,8)9)68-92(86)111(25,26)27)101(88)114-96-59-74(70-37-33-31-34-38-70)45-55-94(96)113-95-56-46-75(71-39-35-32-36-40-71)60-97(95)115(99-62-77(61-98(114)100(99)113)76-57-82(107(13,14)15)63-83(58-76)108(16,17)18)102-89(73-43-49-79(50-44-73)104(4,5)6)65-85(110(22,23)24)67-91(102)87-54-52-81(106(10,11)12)69-93(87)112(28,29)30/h31-69H,1-30H3/i31D,32D,33D,34D,35D,36D,37D,38D,39D,40D,41D,42D,43D,44D,47D,48D,49D,50D,51D,52D,53D,54D,64D,65D,66D,67D,68D,69D. The molecule has 0 aliphatic carbocycles. The Hall–Kier alpha value is -9.70. The van der Waals surface area contributed by atoms with Crippen LogP contribution in [0.15, 0.2) is 236 Å². The summed E-state index contributed by atoms with van der Waals surface area (Å²) >= 11 is 0. The fraction of sp³-hybridized carbons (Fsp3) is 0.357. The summed E-state index contributed by atoms with van der Waals surface area (Å²) < 4.78 is 292. The maximum absolute atomic E-state index is 11.7. The van der Waals surface area contributed by atoms with Crippen molar-refractivity contribution in [2.24, 2.45) is 0 Å². The Morgan fingerprint density at radius 3 is 0.826 bits per heavy atom. The van der Waals surface area contributed by atoms with Crippen LogP contribution in [0, 0.1) is 0 Å². The maximum Gasteiger partial charge on any atom is 0.252 e. The molecule has 2 heterocycles. The molecule has 14 rings (SSSR count). The van der Waals surface area contributed by atoms with Crippen LogP contribution in [-0.4, -0.2) is 6.71 Å². The highest BCUT2D eigenvalue weighted by atomic mass is 15.2. The smallest absolute Gasteiger partial charge is 0.252 e. The van der Waals surface area contributed by atoms with Crippen molar-refractivity contribution >= 4 is 57.2 Å². The number of nitrogens with zero attached hydrogens (tertiary/aromatic N) is 2. The molecular weight excluding hydrogens is 1380 g/mol. The summed E-state index contributed by atoms with van der Waals surface area (Å²) in [5, 5.41) is 0. The zero-order chi connectivity index (χ0) is 108. The average molecular weight is 1540 g/mol. The highest BCUT2D eigenvalue weighted by Crippen LogP contribution is 2.58. The van der Waals surface area contributed by atoms with Crippen molar-refractivity contribution in [3.8, 4) is 77.9 Å². The van der Waals surface area contributed by atoms with Gasteiger partial charge in [-0.1, -0.05) is 395 Å². The number of anilines is 6. The summed E-state index contributed by atoms with van der Waals surface area (Å²) in [5.41, 5.74) is -11.6. The number of rotatable bonds is 9. The predicted octanol–water partition coefficient (Wildman–Crippen LogP) is 30.4. The zero-order valence-corrected chi connectivity index (χ0v) is 73.3. The molecule has 0 bridgehead atoms. The third-order valence-electron chi connectivity index (χ3n) is 21.9. The molecule has 0 N–H and O–H groups in total. The van der Waals surface area contributed by atoms with Gasteiger partial charge in [0, 0.05) is 45.0 Å². The van der Waals surface area contributed by atoms with E-state index in [9.17, 15) is 35.6 Å². The van der Waals surface area contributed by atoms with Crippen LogP contribution in [0.3, 0.4) is 0 Å². The number of hydrogen-bond donors (Lipinski definition) is 0. The Morgan fingerprint density at radius 2 is 0.513 bits per heavy atom. The van der Waals surface area contributed by atoms with Crippen LogP contribution >= 0.6 is 0 Å². The molecule has 0 unspecified atom stereocenters. The lowest BCUT2D eigenvalue weighted by molar-refractivity contribution is 0.568. The first kappa shape index (κ1) is 53.5. The number of fused-ring (bicyclic) bond motifs is 4. The molecule has 590 valence electrons. The first-order chi connectivity index (χ1) is 65.1. The zero-order valence-electron chi connectivity index (χ0n) is 101. The number of hydrogen-bond acceptors (Lipinski definition) is 2. The highest BCUT2D eigenvalue weighted by Gasteiger charge is 2.47. The van der Waals surface area contributed by atoms with E-state index in [-0.39, 0.29) is 168 Å². The van der Waals surface area contributed by atoms with Gasteiger partial charge in [-0.2, -0.15) is 0 Å². The van der Waals surface area contributed by atoms with E-state index in [1.54, 1.807) is 129 Å². The Bertz CT molecular complexity index is 6970. The molecule has 12 aromatic rings. The average Bonchev–Trinajstić information content (AvgIpc) is 0.675. The van der Waals surface area contributed by atoms with Gasteiger partial charge >= 0.3 is 0 Å². The normalized spacial score (nSPS) is 17.2. The number of benzene rings is 12. The summed E-state index contributed by atoms with van der Waals surface area (Å²) in [6.07, 6.45) is 0. The fourth-order valence-electron chi connectivity index (χ4n) is 15.1. The molecule has 0 amide bonds. The molecule has 115 heavy (non-hydrogen) atoms. The Balaban J connectivity index is 1.45. The van der Waals surface area contributed by atoms with Gasteiger partial charge in [-0.15, -0.1) is 0 Å². The van der Waals surface area contributed by atoms with Gasteiger partial charge < -0.3 is 9.80 Å². The molecule has 0 saturated carbocycles. The molecule has 2 aliphatic rings. The molecule has 0 fully saturated rings. The van der Waals surface area contributed by atoms with Crippen molar-refractivity contribution in [3.63, 3.8) is 0 Å². The first-order valence-corrected chi connectivity index (χ1v) is 40.3. The minimum Gasteiger partial charge on any atom is -0.310 e. The lowest BCUT2D eigenvalue weighted by atomic mass is 9.33. The van der Waals surface area contributed by atoms with Crippen molar-refractivity contribution < 1.29 is 38.4 Å². The Kier molecular flexibility index (Phi) is 13.3. The second-order valence-corrected chi connectivity index (χ2v) is 41.8. The van der Waals surface area contributed by atoms with Gasteiger partial charge in [-0.3, -0.25) is 0 Å². The lowest BCUT2D eigenvalue weighted by Gasteiger charge is -2.46. The molecule has 0 radical (unpaired) electrons. The minimum absolute atomic E-state index is 0.00844. The molecule has 2 nitrogen and oxygen atoms in total. The summed E-state index contributed by atoms with van der Waals surface area (Å²) in [7, 11) is 0. The van der Waals surface area contributed by atoms with Gasteiger partial charge in [0.2, 0.25) is 0 Å². The van der Waals surface area contributed by atoms with Crippen molar-refractivity contribution in [1.82, 2.24) is 0 Å². The largest absolute Gasteiger partial charge is 0.310 e. The minimum atomic E-state index is -1.38. The van der Waals surface area contributed by atoms with E-state index in [0.717, 1.165) is 11.1 Å². The molecule has 0 saturated heterocycles. The predicted molar refractivity (Wildman–Crippen MR) is 506 cm³/mol. The van der Waals surface area contributed by atoms with Gasteiger partial charge in [0.05, 0.1) is 49.8 Å². The maximum atomic E-state index is 11.7. The van der Waals surface area contributed by atoms with Crippen molar-refractivity contribution in [2.75, 3.05) is 9.80 Å². The molecule has 2 aliphatic heterocycles. The van der Waals surface area contributed by atoms with E-state index in [1.165, 1.54) is 0 Å². The second kappa shape index (κ2) is 28.6. The molecule has 0 aromatic heterocycles. The van der Waals surface area contributed by atoms with Crippen LogP contribution in [-0.2, 0) is 54.1 Å². The third kappa shape index (κ3) is 15.9. The summed E-state index contributed by atoms with van der Waals surface area (Å²) in [4.78, 5) is 3.33. The Morgan fingerprint density at radius 1 is 0.217 bits per heavy atom. The summed E-state index contributed by atoms with van der Waals surface area (Å²) in [6, 6.07) is 3.57. The van der Waals surface area contributed by atoms with Crippen LogP contribution in [0.5, 0.6) is 0 Å². The SMILES string of the molecule is [2H]c1c([2H])c([2H])c(-c2ccc3c(c2)N(c2c(-c4c([2H])c([2H])c(C(C)(C)C)c([2H])c4[2H])c([2H])c(C(C)(C)C)c([2H])c2-c2c([2H])c([2H])c(C(C)(C)C)c([2H])c2C(C)(C)C)c2cc(-c4cc(C(C)(C)C)cc(C(C)(C)C)c4)cc4c2B3c2ccc(-c3c([2H])c([2H])c([2H])c([2H])c3[2H])cc2N4c2c(-c3c([2H])c([2H])c(C(C)(C)C)c([2H])c3[2H])c([2H])c(C(C)(C)C)c([2H])c2-c2c([2H])c([2H])c(C(C)(C)C)c([2H])c2C(C)(C)C)c([2H])c1[2H]. The van der Waals surface area contributed by atoms with Crippen LogP contribution in [0.25, 0.3) is 77.9 Å². The van der Waals surface area contributed by atoms with Gasteiger partial charge in [0.25, 0.3) is 6.71 Å². The van der Waals surface area contributed by atoms with Gasteiger partial charge in [0.1, 0.15) is 0 Å². The highest BCUT2D eigenvalue weighted by molar-refractivity contribution is 7.00. The summed E-state index contributed by atoms with van der Waals surface area (Å²) in [6.45, 7) is 53.8. The van der Waals surface area contributed by atoms with E-state index in [0.29, 0.717) is 5.56 Å². The summed E-state index contributed by atoms with van der Waals surface area (Å²) in [5.74, 6) is 0. The fourth-order valence-corrected chi connectivity index (χ4v) is 15.1. The van der Waals surface area contributed by atoms with Crippen molar-refractivity contribution in [3.05, 3.63) is 292 Å². The van der Waals surface area contributed by atoms with E-state index in [2.05, 4.69) is 47.6 Å². The third-order valence-corrected chi connectivity index (χ3v) is 21.9. The second-order valence-electron chi connectivity index (χ2n) is 41.8. The van der Waals surface area contributed by atoms with Crippen LogP contribution in [0.1, 0.15) is 302 Å². The topological polar surface area (TPSA) is 6.48 Å². The quantitative estimate of drug-likeness (QED) is 0.133. The Labute approximate surface area is 733 Å². The lowest BCUT2D eigenvalue weighted by Crippen LogP contribution is -2.61.